The number of benzene rings is 1. The van der Waals surface area contributed by atoms with Crippen LogP contribution in [0.2, 0.25) is 5.02 Å². The number of hydrogen-bond acceptors (Lipinski definition) is 4. The van der Waals surface area contributed by atoms with Gasteiger partial charge < -0.3 is 20.5 Å². The van der Waals surface area contributed by atoms with Crippen LogP contribution in [0, 0.1) is 5.92 Å². The molecule has 6 heteroatoms. The molecule has 0 saturated carbocycles. The fourth-order valence-corrected chi connectivity index (χ4v) is 2.22. The van der Waals surface area contributed by atoms with Crippen molar-refractivity contribution in [3.63, 3.8) is 0 Å². The van der Waals surface area contributed by atoms with Gasteiger partial charge in [0, 0.05) is 12.1 Å². The van der Waals surface area contributed by atoms with E-state index in [-0.39, 0.29) is 11.8 Å². The van der Waals surface area contributed by atoms with Crippen LogP contribution in [0.25, 0.3) is 0 Å². The Morgan fingerprint density at radius 3 is 2.57 bits per heavy atom. The number of carbonyl (C=O) groups excluding carboxylic acids is 1. The van der Waals surface area contributed by atoms with E-state index in [0.29, 0.717) is 35.2 Å². The molecule has 130 valence electrons. The Bertz CT molecular complexity index is 549. The lowest BCUT2D eigenvalue weighted by molar-refractivity contribution is 0.0883. The van der Waals surface area contributed by atoms with Crippen LogP contribution in [0.1, 0.15) is 44.5 Å². The van der Waals surface area contributed by atoms with Crippen LogP contribution in [-0.2, 0) is 0 Å². The Morgan fingerprint density at radius 2 is 2.09 bits per heavy atom. The predicted octanol–water partition coefficient (Wildman–Crippen LogP) is 3.24. The number of carbonyl (C=O) groups is 1. The molecule has 23 heavy (non-hydrogen) atoms. The summed E-state index contributed by atoms with van der Waals surface area (Å²) in [4.78, 5) is 12.5. The molecule has 0 bridgehead atoms. The van der Waals surface area contributed by atoms with Crippen molar-refractivity contribution in [2.45, 2.75) is 39.7 Å². The number of nitrogens with one attached hydrogen (secondary N) is 1. The lowest BCUT2D eigenvalue weighted by Crippen LogP contribution is -2.55. The summed E-state index contributed by atoms with van der Waals surface area (Å²) in [6.45, 7) is 8.83. The van der Waals surface area contributed by atoms with Crippen molar-refractivity contribution in [1.29, 1.82) is 0 Å². The van der Waals surface area contributed by atoms with Crippen molar-refractivity contribution in [2.75, 3.05) is 20.3 Å². The number of ether oxygens (including phenoxy) is 2. The molecule has 3 N–H and O–H groups in total. The molecule has 1 aromatic carbocycles. The van der Waals surface area contributed by atoms with Crippen LogP contribution in [-0.4, -0.2) is 31.7 Å². The molecule has 1 amide bonds. The fraction of sp³-hybridized carbons (Fsp3) is 0.588. The van der Waals surface area contributed by atoms with Crippen molar-refractivity contribution in [2.24, 2.45) is 11.7 Å². The largest absolute Gasteiger partial charge is 0.493 e. The maximum atomic E-state index is 12.5. The van der Waals surface area contributed by atoms with Gasteiger partial charge in [0.05, 0.1) is 24.3 Å². The summed E-state index contributed by atoms with van der Waals surface area (Å²) in [6.07, 6.45) is 0.852. The zero-order chi connectivity index (χ0) is 17.6. The van der Waals surface area contributed by atoms with Crippen molar-refractivity contribution in [3.8, 4) is 11.5 Å². The van der Waals surface area contributed by atoms with E-state index in [0.717, 1.165) is 6.42 Å². The summed E-state index contributed by atoms with van der Waals surface area (Å²) in [6, 6.07) is 3.21. The van der Waals surface area contributed by atoms with Crippen LogP contribution >= 0.6 is 11.6 Å². The zero-order valence-corrected chi connectivity index (χ0v) is 15.3. The van der Waals surface area contributed by atoms with Crippen LogP contribution in [0.15, 0.2) is 12.1 Å². The van der Waals surface area contributed by atoms with Gasteiger partial charge in [-0.3, -0.25) is 4.79 Å². The van der Waals surface area contributed by atoms with Gasteiger partial charge in [0.1, 0.15) is 0 Å². The first kappa shape index (κ1) is 19.6. The molecule has 0 heterocycles. The Labute approximate surface area is 143 Å². The maximum absolute atomic E-state index is 12.5. The van der Waals surface area contributed by atoms with E-state index >= 15 is 0 Å². The molecule has 1 atom stereocenters. The summed E-state index contributed by atoms with van der Waals surface area (Å²) in [5.74, 6) is 0.850. The van der Waals surface area contributed by atoms with Crippen LogP contribution < -0.4 is 20.5 Å². The van der Waals surface area contributed by atoms with E-state index in [9.17, 15) is 4.79 Å². The second kappa shape index (κ2) is 8.41. The highest BCUT2D eigenvalue weighted by molar-refractivity contribution is 6.32. The molecule has 1 unspecified atom stereocenters. The summed E-state index contributed by atoms with van der Waals surface area (Å²) in [5, 5.41) is 3.33. The monoisotopic (exact) mass is 342 g/mol. The molecule has 0 aliphatic heterocycles. The SMILES string of the molecule is CCCOc1c(Cl)cc(C(=O)NC(C)(CN)C(C)C)cc1OC. The lowest BCUT2D eigenvalue weighted by atomic mass is 9.88. The van der Waals surface area contributed by atoms with Crippen molar-refractivity contribution in [3.05, 3.63) is 22.7 Å². The molecule has 0 aromatic heterocycles. The Balaban J connectivity index is 3.09. The number of halogens is 1. The minimum atomic E-state index is -0.492. The van der Waals surface area contributed by atoms with Gasteiger partial charge in [0.25, 0.3) is 5.91 Å². The fourth-order valence-electron chi connectivity index (χ4n) is 1.96. The van der Waals surface area contributed by atoms with E-state index in [2.05, 4.69) is 5.32 Å². The average molecular weight is 343 g/mol. The molecule has 0 aliphatic rings. The highest BCUT2D eigenvalue weighted by atomic mass is 35.5. The quantitative estimate of drug-likeness (QED) is 0.760. The molecule has 1 aromatic rings. The van der Waals surface area contributed by atoms with Gasteiger partial charge in [-0.15, -0.1) is 0 Å². The van der Waals surface area contributed by atoms with Gasteiger partial charge >= 0.3 is 0 Å². The van der Waals surface area contributed by atoms with Gasteiger partial charge in [0.2, 0.25) is 0 Å². The van der Waals surface area contributed by atoms with E-state index in [4.69, 9.17) is 26.8 Å². The number of hydrogen-bond donors (Lipinski definition) is 2. The molecule has 0 aliphatic carbocycles. The number of nitrogens with two attached hydrogens (primary N) is 1. The summed E-state index contributed by atoms with van der Waals surface area (Å²) < 4.78 is 10.9. The second-order valence-corrected chi connectivity index (χ2v) is 6.48. The third-order valence-electron chi connectivity index (χ3n) is 4.04. The lowest BCUT2D eigenvalue weighted by Gasteiger charge is -2.33. The van der Waals surface area contributed by atoms with E-state index in [1.165, 1.54) is 7.11 Å². The van der Waals surface area contributed by atoms with Crippen LogP contribution in [0.5, 0.6) is 11.5 Å². The highest BCUT2D eigenvalue weighted by Gasteiger charge is 2.29. The third kappa shape index (κ3) is 4.75. The van der Waals surface area contributed by atoms with Gasteiger partial charge in [-0.2, -0.15) is 0 Å². The smallest absolute Gasteiger partial charge is 0.251 e. The first-order valence-corrected chi connectivity index (χ1v) is 8.19. The van der Waals surface area contributed by atoms with Crippen LogP contribution in [0.3, 0.4) is 0 Å². The van der Waals surface area contributed by atoms with E-state index in [1.807, 2.05) is 27.7 Å². The minimum absolute atomic E-state index is 0.195. The standard InChI is InChI=1S/C17H27ClN2O3/c1-6-7-23-15-13(18)8-12(9-14(15)22-5)16(21)20-17(4,10-19)11(2)3/h8-9,11H,6-7,10,19H2,1-5H3,(H,20,21). The molecule has 5 nitrogen and oxygen atoms in total. The Hall–Kier alpha value is -1.46. The Morgan fingerprint density at radius 1 is 1.43 bits per heavy atom. The van der Waals surface area contributed by atoms with E-state index < -0.39 is 5.54 Å². The molecule has 0 fully saturated rings. The average Bonchev–Trinajstić information content (AvgIpc) is 2.52. The van der Waals surface area contributed by atoms with Crippen molar-refractivity contribution in [1.82, 2.24) is 5.32 Å². The Kier molecular flexibility index (Phi) is 7.16. The molecule has 1 rings (SSSR count). The van der Waals surface area contributed by atoms with Gasteiger partial charge in [-0.25, -0.2) is 0 Å². The molecular weight excluding hydrogens is 316 g/mol. The molecule has 0 spiro atoms. The first-order valence-electron chi connectivity index (χ1n) is 7.82. The normalized spacial score (nSPS) is 13.6. The van der Waals surface area contributed by atoms with Gasteiger partial charge in [-0.1, -0.05) is 32.4 Å². The van der Waals surface area contributed by atoms with Crippen molar-refractivity contribution < 1.29 is 14.3 Å². The topological polar surface area (TPSA) is 73.6 Å². The van der Waals surface area contributed by atoms with Gasteiger partial charge in [-0.05, 0) is 31.4 Å². The number of rotatable bonds is 8. The maximum Gasteiger partial charge on any atom is 0.251 e. The van der Waals surface area contributed by atoms with Gasteiger partial charge in [0.15, 0.2) is 11.5 Å². The van der Waals surface area contributed by atoms with Crippen molar-refractivity contribution >= 4 is 17.5 Å². The summed E-state index contributed by atoms with van der Waals surface area (Å²) in [5.41, 5.74) is 5.73. The number of amides is 1. The summed E-state index contributed by atoms with van der Waals surface area (Å²) >= 11 is 6.25. The molecule has 0 radical (unpaired) electrons. The van der Waals surface area contributed by atoms with Crippen LogP contribution in [0.4, 0.5) is 0 Å². The number of methoxy groups -OCH3 is 1. The summed E-state index contributed by atoms with van der Waals surface area (Å²) in [7, 11) is 1.52. The highest BCUT2D eigenvalue weighted by Crippen LogP contribution is 2.36. The zero-order valence-electron chi connectivity index (χ0n) is 14.5. The first-order chi connectivity index (χ1) is 10.8. The van der Waals surface area contributed by atoms with E-state index in [1.54, 1.807) is 12.1 Å². The third-order valence-corrected chi connectivity index (χ3v) is 4.32. The molecular formula is C17H27ClN2O3. The minimum Gasteiger partial charge on any atom is -0.493 e. The predicted molar refractivity (Wildman–Crippen MR) is 93.6 cm³/mol. The second-order valence-electron chi connectivity index (χ2n) is 6.07. The molecule has 0 saturated heterocycles.